The number of hydrogen-bond donors (Lipinski definition) is 3. The molecule has 0 saturated heterocycles. The smallest absolute Gasteiger partial charge is 0.263 e. The second-order valence-electron chi connectivity index (χ2n) is 4.02. The van der Waals surface area contributed by atoms with Crippen molar-refractivity contribution in [3.63, 3.8) is 0 Å². The average molecular weight is 281 g/mol. The van der Waals surface area contributed by atoms with Crippen molar-refractivity contribution in [2.75, 3.05) is 31.2 Å². The van der Waals surface area contributed by atoms with Crippen molar-refractivity contribution in [1.82, 2.24) is 5.32 Å². The molecule has 0 spiro atoms. The van der Waals surface area contributed by atoms with E-state index in [1.165, 1.54) is 18.4 Å². The molecule has 5 nitrogen and oxygen atoms in total. The molecule has 4 N–H and O–H groups in total. The first-order valence-corrected chi connectivity index (χ1v) is 6.56. The molecule has 19 heavy (non-hydrogen) atoms. The van der Waals surface area contributed by atoms with Crippen LogP contribution in [-0.2, 0) is 0 Å². The van der Waals surface area contributed by atoms with Crippen LogP contribution in [0.3, 0.4) is 0 Å². The quantitative estimate of drug-likeness (QED) is 0.670. The number of nitrogen functional groups attached to an aromatic ring is 1. The van der Waals surface area contributed by atoms with Crippen LogP contribution in [0.15, 0.2) is 24.8 Å². The molecule has 0 unspecified atom stereocenters. The van der Waals surface area contributed by atoms with Gasteiger partial charge in [-0.2, -0.15) is 0 Å². The molecule has 1 aromatic rings. The molecule has 0 fully saturated rings. The predicted molar refractivity (Wildman–Crippen MR) is 81.1 cm³/mol. The summed E-state index contributed by atoms with van der Waals surface area (Å²) >= 11 is 1.26. The minimum absolute atomic E-state index is 0.232. The molecule has 0 atom stereocenters. The van der Waals surface area contributed by atoms with E-state index in [2.05, 4.69) is 23.8 Å². The first-order valence-electron chi connectivity index (χ1n) is 5.74. The number of carbonyl (C=O) groups is 1. The lowest BCUT2D eigenvalue weighted by Crippen LogP contribution is -2.23. The molecule has 0 aromatic carbocycles. The van der Waals surface area contributed by atoms with Crippen LogP contribution in [0.25, 0.3) is 0 Å². The summed E-state index contributed by atoms with van der Waals surface area (Å²) in [6.45, 7) is 10.3. The van der Waals surface area contributed by atoms with Gasteiger partial charge in [0.1, 0.15) is 15.6 Å². The first-order chi connectivity index (χ1) is 9.01. The Morgan fingerprint density at radius 3 is 2.79 bits per heavy atom. The lowest BCUT2D eigenvalue weighted by Gasteiger charge is -2.06. The van der Waals surface area contributed by atoms with Gasteiger partial charge >= 0.3 is 0 Å². The SMILES string of the molecule is C=CCNC(=O)c1sc(NCC(=C)C)c(OC)c1N. The summed E-state index contributed by atoms with van der Waals surface area (Å²) in [6.07, 6.45) is 1.61. The van der Waals surface area contributed by atoms with Crippen molar-refractivity contribution in [1.29, 1.82) is 0 Å². The van der Waals surface area contributed by atoms with Crippen LogP contribution >= 0.6 is 11.3 Å². The number of nitrogens with one attached hydrogen (secondary N) is 2. The van der Waals surface area contributed by atoms with Gasteiger partial charge in [0.15, 0.2) is 5.75 Å². The van der Waals surface area contributed by atoms with Crippen LogP contribution in [0, 0.1) is 0 Å². The third-order valence-corrected chi connectivity index (χ3v) is 3.41. The van der Waals surface area contributed by atoms with Crippen molar-refractivity contribution < 1.29 is 9.53 Å². The van der Waals surface area contributed by atoms with Crippen molar-refractivity contribution in [2.24, 2.45) is 0 Å². The van der Waals surface area contributed by atoms with Crippen LogP contribution in [-0.4, -0.2) is 26.1 Å². The van der Waals surface area contributed by atoms with Gasteiger partial charge in [0.05, 0.1) is 7.11 Å². The zero-order valence-electron chi connectivity index (χ0n) is 11.2. The van der Waals surface area contributed by atoms with Crippen molar-refractivity contribution in [3.8, 4) is 5.75 Å². The Morgan fingerprint density at radius 1 is 1.58 bits per heavy atom. The second-order valence-corrected chi connectivity index (χ2v) is 5.04. The Kier molecular flexibility index (Phi) is 5.44. The minimum atomic E-state index is -0.232. The summed E-state index contributed by atoms with van der Waals surface area (Å²) in [6, 6.07) is 0. The third kappa shape index (κ3) is 3.75. The van der Waals surface area contributed by atoms with Gasteiger partial charge < -0.3 is 21.1 Å². The molecule has 104 valence electrons. The van der Waals surface area contributed by atoms with Gasteiger partial charge in [-0.05, 0) is 6.92 Å². The highest BCUT2D eigenvalue weighted by Crippen LogP contribution is 2.42. The highest BCUT2D eigenvalue weighted by Gasteiger charge is 2.21. The van der Waals surface area contributed by atoms with Crippen LogP contribution in [0.5, 0.6) is 5.75 Å². The number of carbonyl (C=O) groups excluding carboxylic acids is 1. The maximum atomic E-state index is 11.9. The number of ether oxygens (including phenoxy) is 1. The van der Waals surface area contributed by atoms with E-state index in [1.807, 2.05) is 6.92 Å². The molecular weight excluding hydrogens is 262 g/mol. The van der Waals surface area contributed by atoms with E-state index >= 15 is 0 Å². The normalized spacial score (nSPS) is 9.79. The molecule has 1 rings (SSSR count). The molecular formula is C13H19N3O2S. The fraction of sp³-hybridized carbons (Fsp3) is 0.308. The monoisotopic (exact) mass is 281 g/mol. The largest absolute Gasteiger partial charge is 0.492 e. The van der Waals surface area contributed by atoms with E-state index in [-0.39, 0.29) is 5.91 Å². The van der Waals surface area contributed by atoms with Gasteiger partial charge in [-0.3, -0.25) is 4.79 Å². The molecule has 0 aliphatic carbocycles. The van der Waals surface area contributed by atoms with Crippen LogP contribution in [0.1, 0.15) is 16.6 Å². The molecule has 6 heteroatoms. The summed E-state index contributed by atoms with van der Waals surface area (Å²) in [7, 11) is 1.52. The third-order valence-electron chi connectivity index (χ3n) is 2.27. The number of anilines is 2. The van der Waals surface area contributed by atoms with Crippen LogP contribution in [0.4, 0.5) is 10.7 Å². The number of amides is 1. The van der Waals surface area contributed by atoms with Gasteiger partial charge in [-0.1, -0.05) is 18.2 Å². The number of rotatable bonds is 7. The summed E-state index contributed by atoms with van der Waals surface area (Å²) in [5.74, 6) is 0.263. The van der Waals surface area contributed by atoms with Gasteiger partial charge in [0, 0.05) is 13.1 Å². The molecule has 0 bridgehead atoms. The van der Waals surface area contributed by atoms with Crippen LogP contribution in [0.2, 0.25) is 0 Å². The molecule has 0 saturated carbocycles. The van der Waals surface area contributed by atoms with Crippen LogP contribution < -0.4 is 21.1 Å². The van der Waals surface area contributed by atoms with E-state index in [0.29, 0.717) is 29.4 Å². The highest BCUT2D eigenvalue weighted by molar-refractivity contribution is 7.19. The van der Waals surface area contributed by atoms with E-state index in [1.54, 1.807) is 6.08 Å². The Bertz CT molecular complexity index is 494. The van der Waals surface area contributed by atoms with Crippen molar-refractivity contribution in [2.45, 2.75) is 6.92 Å². The molecule has 1 heterocycles. The summed E-state index contributed by atoms with van der Waals surface area (Å²) in [5.41, 5.74) is 7.25. The standard InChI is InChI=1S/C13H19N3O2S/c1-5-6-15-12(17)11-9(14)10(18-4)13(19-11)16-7-8(2)3/h5,16H,1-2,6-7,14H2,3-4H3,(H,15,17). The first kappa shape index (κ1) is 15.1. The Balaban J connectivity index is 2.97. The molecule has 0 aliphatic rings. The molecule has 1 aromatic heterocycles. The number of methoxy groups -OCH3 is 1. The lowest BCUT2D eigenvalue weighted by molar-refractivity contribution is 0.0962. The zero-order valence-corrected chi connectivity index (χ0v) is 12.0. The Hall–Kier alpha value is -1.95. The average Bonchev–Trinajstić information content (AvgIpc) is 2.69. The van der Waals surface area contributed by atoms with E-state index in [0.717, 1.165) is 10.6 Å². The molecule has 1 amide bonds. The summed E-state index contributed by atoms with van der Waals surface area (Å²) in [4.78, 5) is 12.3. The van der Waals surface area contributed by atoms with Gasteiger partial charge in [0.25, 0.3) is 5.91 Å². The van der Waals surface area contributed by atoms with E-state index in [9.17, 15) is 4.79 Å². The van der Waals surface area contributed by atoms with Crippen molar-refractivity contribution in [3.05, 3.63) is 29.7 Å². The Labute approximate surface area is 117 Å². The molecule has 0 aliphatic heterocycles. The minimum Gasteiger partial charge on any atom is -0.492 e. The second kappa shape index (κ2) is 6.84. The summed E-state index contributed by atoms with van der Waals surface area (Å²) < 4.78 is 5.24. The number of hydrogen-bond acceptors (Lipinski definition) is 5. The highest BCUT2D eigenvalue weighted by atomic mass is 32.1. The maximum Gasteiger partial charge on any atom is 0.263 e. The summed E-state index contributed by atoms with van der Waals surface area (Å²) in [5, 5.41) is 6.57. The Morgan fingerprint density at radius 2 is 2.26 bits per heavy atom. The zero-order chi connectivity index (χ0) is 14.4. The number of thiophene rings is 1. The fourth-order valence-corrected chi connectivity index (χ4v) is 2.39. The van der Waals surface area contributed by atoms with E-state index in [4.69, 9.17) is 10.5 Å². The topological polar surface area (TPSA) is 76.4 Å². The maximum absolute atomic E-state index is 11.9. The fourth-order valence-electron chi connectivity index (χ4n) is 1.39. The molecule has 0 radical (unpaired) electrons. The van der Waals surface area contributed by atoms with Gasteiger partial charge in [-0.25, -0.2) is 0 Å². The van der Waals surface area contributed by atoms with Gasteiger partial charge in [-0.15, -0.1) is 17.9 Å². The van der Waals surface area contributed by atoms with E-state index < -0.39 is 0 Å². The lowest BCUT2D eigenvalue weighted by atomic mass is 10.3. The predicted octanol–water partition coefficient (Wildman–Crippen LogP) is 2.24. The van der Waals surface area contributed by atoms with Gasteiger partial charge in [0.2, 0.25) is 0 Å². The number of nitrogens with two attached hydrogens (primary N) is 1. The van der Waals surface area contributed by atoms with Crippen molar-refractivity contribution >= 4 is 27.9 Å².